The molecule has 1 aromatic heterocycles. The molecule has 1 amide bonds. The first-order chi connectivity index (χ1) is 7.68. The highest BCUT2D eigenvalue weighted by Crippen LogP contribution is 2.23. The zero-order valence-electron chi connectivity index (χ0n) is 8.92. The second-order valence-corrected chi connectivity index (χ2v) is 4.79. The minimum absolute atomic E-state index is 0.00421. The summed E-state index contributed by atoms with van der Waals surface area (Å²) < 4.78 is 0. The smallest absolute Gasteiger partial charge is 0.231 e. The molecule has 1 saturated heterocycles. The van der Waals surface area contributed by atoms with E-state index in [0.717, 1.165) is 5.69 Å². The van der Waals surface area contributed by atoms with Gasteiger partial charge in [0.25, 0.3) is 0 Å². The zero-order chi connectivity index (χ0) is 11.5. The highest BCUT2D eigenvalue weighted by Gasteiger charge is 2.28. The average molecular weight is 236 g/mol. The maximum Gasteiger partial charge on any atom is 0.231 e. The highest BCUT2D eigenvalue weighted by molar-refractivity contribution is 8.13. The SMILES string of the molecule is CC1CSC(=O)CN(c2ccncc2)C1=O. The van der Waals surface area contributed by atoms with Crippen LogP contribution in [-0.4, -0.2) is 28.3 Å². The van der Waals surface area contributed by atoms with Crippen molar-refractivity contribution in [1.29, 1.82) is 0 Å². The third kappa shape index (κ3) is 2.24. The molecule has 0 radical (unpaired) electrons. The van der Waals surface area contributed by atoms with Gasteiger partial charge in [0.05, 0.1) is 6.54 Å². The van der Waals surface area contributed by atoms with Crippen molar-refractivity contribution in [3.05, 3.63) is 24.5 Å². The van der Waals surface area contributed by atoms with Crippen LogP contribution in [0, 0.1) is 5.92 Å². The van der Waals surface area contributed by atoms with Crippen molar-refractivity contribution < 1.29 is 9.59 Å². The van der Waals surface area contributed by atoms with E-state index in [4.69, 9.17) is 0 Å². The summed E-state index contributed by atoms with van der Waals surface area (Å²) in [5.41, 5.74) is 0.739. The fourth-order valence-corrected chi connectivity index (χ4v) is 2.35. The van der Waals surface area contributed by atoms with Gasteiger partial charge >= 0.3 is 0 Å². The van der Waals surface area contributed by atoms with Crippen molar-refractivity contribution in [1.82, 2.24) is 4.98 Å². The van der Waals surface area contributed by atoms with Crippen LogP contribution in [0.2, 0.25) is 0 Å². The summed E-state index contributed by atoms with van der Waals surface area (Å²) in [7, 11) is 0. The average Bonchev–Trinajstić information content (AvgIpc) is 2.44. The van der Waals surface area contributed by atoms with Crippen LogP contribution in [0.5, 0.6) is 0 Å². The molecule has 2 heterocycles. The van der Waals surface area contributed by atoms with E-state index in [1.54, 1.807) is 24.5 Å². The predicted molar refractivity (Wildman–Crippen MR) is 63.2 cm³/mol. The Morgan fingerprint density at radius 3 is 2.75 bits per heavy atom. The summed E-state index contributed by atoms with van der Waals surface area (Å²) >= 11 is 1.23. The molecule has 0 saturated carbocycles. The van der Waals surface area contributed by atoms with Crippen LogP contribution in [0.25, 0.3) is 0 Å². The molecule has 0 aromatic carbocycles. The third-order valence-corrected chi connectivity index (χ3v) is 3.56. The summed E-state index contributed by atoms with van der Waals surface area (Å²) in [6.45, 7) is 2.00. The van der Waals surface area contributed by atoms with Crippen LogP contribution in [0.3, 0.4) is 0 Å². The molecule has 5 heteroatoms. The summed E-state index contributed by atoms with van der Waals surface area (Å²) in [6.07, 6.45) is 3.24. The van der Waals surface area contributed by atoms with Crippen LogP contribution in [-0.2, 0) is 9.59 Å². The largest absolute Gasteiger partial charge is 0.304 e. The number of amides is 1. The lowest BCUT2D eigenvalue weighted by molar-refractivity contribution is -0.122. The lowest BCUT2D eigenvalue weighted by atomic mass is 10.1. The van der Waals surface area contributed by atoms with Gasteiger partial charge in [0.2, 0.25) is 11.0 Å². The molecule has 1 unspecified atom stereocenters. The van der Waals surface area contributed by atoms with Gasteiger partial charge in [0.15, 0.2) is 0 Å². The van der Waals surface area contributed by atoms with E-state index < -0.39 is 0 Å². The number of nitrogens with zero attached hydrogens (tertiary/aromatic N) is 2. The maximum atomic E-state index is 12.0. The maximum absolute atomic E-state index is 12.0. The minimum atomic E-state index is -0.121. The molecular weight excluding hydrogens is 224 g/mol. The number of carbonyl (C=O) groups is 2. The Bertz CT molecular complexity index is 408. The van der Waals surface area contributed by atoms with Crippen LogP contribution in [0.15, 0.2) is 24.5 Å². The van der Waals surface area contributed by atoms with Gasteiger partial charge in [-0.1, -0.05) is 18.7 Å². The van der Waals surface area contributed by atoms with Gasteiger partial charge in [-0.15, -0.1) is 0 Å². The molecule has 1 aliphatic heterocycles. The first-order valence-corrected chi connectivity index (χ1v) is 6.04. The molecule has 0 spiro atoms. The number of carbonyl (C=O) groups excluding carboxylic acids is 2. The van der Waals surface area contributed by atoms with E-state index in [0.29, 0.717) is 5.75 Å². The Balaban J connectivity index is 2.30. The van der Waals surface area contributed by atoms with Crippen LogP contribution >= 0.6 is 11.8 Å². The Hall–Kier alpha value is -1.36. The molecule has 0 aliphatic carbocycles. The molecular formula is C11H12N2O2S. The monoisotopic (exact) mass is 236 g/mol. The normalized spacial score (nSPS) is 22.1. The fourth-order valence-electron chi connectivity index (χ4n) is 1.55. The van der Waals surface area contributed by atoms with E-state index in [-0.39, 0.29) is 23.5 Å². The van der Waals surface area contributed by atoms with Crippen LogP contribution < -0.4 is 4.90 Å². The van der Waals surface area contributed by atoms with Crippen molar-refractivity contribution in [2.45, 2.75) is 6.92 Å². The molecule has 0 N–H and O–H groups in total. The van der Waals surface area contributed by atoms with E-state index in [9.17, 15) is 9.59 Å². The molecule has 1 atom stereocenters. The molecule has 84 valence electrons. The van der Waals surface area contributed by atoms with Crippen molar-refractivity contribution in [2.24, 2.45) is 5.92 Å². The number of thioether (sulfide) groups is 1. The molecule has 0 bridgehead atoms. The molecule has 4 nitrogen and oxygen atoms in total. The van der Waals surface area contributed by atoms with Gasteiger partial charge in [0, 0.05) is 29.8 Å². The van der Waals surface area contributed by atoms with E-state index in [1.165, 1.54) is 16.7 Å². The Morgan fingerprint density at radius 2 is 2.06 bits per heavy atom. The number of hydrogen-bond acceptors (Lipinski definition) is 4. The van der Waals surface area contributed by atoms with Gasteiger partial charge in [0.1, 0.15) is 0 Å². The Labute approximate surface area is 98.0 Å². The van der Waals surface area contributed by atoms with Gasteiger partial charge in [-0.25, -0.2) is 0 Å². The zero-order valence-corrected chi connectivity index (χ0v) is 9.74. The molecule has 16 heavy (non-hydrogen) atoms. The summed E-state index contributed by atoms with van der Waals surface area (Å²) in [6, 6.07) is 3.49. The molecule has 1 fully saturated rings. The first-order valence-electron chi connectivity index (χ1n) is 5.05. The van der Waals surface area contributed by atoms with Gasteiger partial charge in [-0.3, -0.25) is 14.6 Å². The standard InChI is InChI=1S/C11H12N2O2S/c1-8-7-16-10(14)6-13(11(8)15)9-2-4-12-5-3-9/h2-5,8H,6-7H2,1H3. The van der Waals surface area contributed by atoms with Crippen molar-refractivity contribution in [2.75, 3.05) is 17.2 Å². The topological polar surface area (TPSA) is 50.3 Å². The number of rotatable bonds is 1. The minimum Gasteiger partial charge on any atom is -0.304 e. The number of pyridine rings is 1. The third-order valence-electron chi connectivity index (χ3n) is 2.44. The van der Waals surface area contributed by atoms with Gasteiger partial charge in [-0.2, -0.15) is 0 Å². The Kier molecular flexibility index (Phi) is 3.24. The number of hydrogen-bond donors (Lipinski definition) is 0. The van der Waals surface area contributed by atoms with E-state index >= 15 is 0 Å². The van der Waals surface area contributed by atoms with Gasteiger partial charge < -0.3 is 4.90 Å². The summed E-state index contributed by atoms with van der Waals surface area (Å²) in [5.74, 6) is 0.452. The Morgan fingerprint density at radius 1 is 1.38 bits per heavy atom. The molecule has 2 rings (SSSR count). The fraction of sp³-hybridized carbons (Fsp3) is 0.364. The lowest BCUT2D eigenvalue weighted by Gasteiger charge is -2.21. The van der Waals surface area contributed by atoms with Gasteiger partial charge in [-0.05, 0) is 12.1 Å². The summed E-state index contributed by atoms with van der Waals surface area (Å²) in [5, 5.41) is 0.0366. The van der Waals surface area contributed by atoms with Crippen molar-refractivity contribution in [3.8, 4) is 0 Å². The van der Waals surface area contributed by atoms with E-state index in [2.05, 4.69) is 4.98 Å². The number of anilines is 1. The van der Waals surface area contributed by atoms with E-state index in [1.807, 2.05) is 6.92 Å². The first kappa shape index (κ1) is 11.1. The van der Waals surface area contributed by atoms with Crippen LogP contribution in [0.1, 0.15) is 6.92 Å². The quantitative estimate of drug-likeness (QED) is 0.738. The van der Waals surface area contributed by atoms with Crippen LogP contribution in [0.4, 0.5) is 5.69 Å². The second-order valence-electron chi connectivity index (χ2n) is 3.71. The predicted octanol–water partition coefficient (Wildman–Crippen LogP) is 1.32. The number of aromatic nitrogens is 1. The second kappa shape index (κ2) is 4.65. The highest BCUT2D eigenvalue weighted by atomic mass is 32.2. The lowest BCUT2D eigenvalue weighted by Crippen LogP contribution is -2.36. The molecule has 1 aliphatic rings. The van der Waals surface area contributed by atoms with Crippen molar-refractivity contribution in [3.63, 3.8) is 0 Å². The summed E-state index contributed by atoms with van der Waals surface area (Å²) in [4.78, 5) is 29.0. The molecule has 1 aromatic rings. The van der Waals surface area contributed by atoms with Crippen molar-refractivity contribution >= 4 is 28.5 Å².